The number of rotatable bonds is 11. The largest absolute Gasteiger partial charge is 0.378 e. The van der Waals surface area contributed by atoms with Gasteiger partial charge in [0.2, 0.25) is 5.91 Å². The minimum Gasteiger partial charge on any atom is -0.378 e. The van der Waals surface area contributed by atoms with Crippen molar-refractivity contribution in [3.8, 4) is 0 Å². The lowest BCUT2D eigenvalue weighted by Gasteiger charge is -2.17. The van der Waals surface area contributed by atoms with Gasteiger partial charge in [-0.15, -0.1) is 0 Å². The Morgan fingerprint density at radius 2 is 1.86 bits per heavy atom. The van der Waals surface area contributed by atoms with E-state index in [0.29, 0.717) is 32.6 Å². The van der Waals surface area contributed by atoms with Crippen molar-refractivity contribution in [3.05, 3.63) is 35.6 Å². The normalized spacial score (nSPS) is 10.9. The average molecular weight is 310 g/mol. The molecule has 0 spiro atoms. The van der Waals surface area contributed by atoms with E-state index in [1.54, 1.807) is 12.1 Å². The summed E-state index contributed by atoms with van der Waals surface area (Å²) in [5.41, 5.74) is 0.965. The van der Waals surface area contributed by atoms with E-state index in [9.17, 15) is 9.18 Å². The maximum absolute atomic E-state index is 12.8. The fourth-order valence-electron chi connectivity index (χ4n) is 2.10. The van der Waals surface area contributed by atoms with E-state index < -0.39 is 0 Å². The quantitative estimate of drug-likeness (QED) is 0.637. The molecular formula is C17H27FN2O2. The smallest absolute Gasteiger partial charge is 0.220 e. The highest BCUT2D eigenvalue weighted by Gasteiger charge is 2.02. The van der Waals surface area contributed by atoms with E-state index >= 15 is 0 Å². The molecule has 1 aromatic carbocycles. The first-order chi connectivity index (χ1) is 10.7. The van der Waals surface area contributed by atoms with Crippen molar-refractivity contribution in [2.75, 3.05) is 39.4 Å². The second-order valence-electron chi connectivity index (χ2n) is 5.12. The first kappa shape index (κ1) is 18.6. The Kier molecular flexibility index (Phi) is 9.42. The van der Waals surface area contributed by atoms with Crippen molar-refractivity contribution < 1.29 is 13.9 Å². The second-order valence-corrected chi connectivity index (χ2v) is 5.12. The van der Waals surface area contributed by atoms with Crippen LogP contribution < -0.4 is 5.32 Å². The van der Waals surface area contributed by atoms with Gasteiger partial charge >= 0.3 is 0 Å². The number of aryl methyl sites for hydroxylation is 1. The zero-order chi connectivity index (χ0) is 16.2. The van der Waals surface area contributed by atoms with Crippen LogP contribution in [-0.2, 0) is 16.0 Å². The molecule has 0 fully saturated rings. The minimum atomic E-state index is -0.255. The van der Waals surface area contributed by atoms with Crippen LogP contribution in [0.3, 0.4) is 0 Å². The first-order valence-electron chi connectivity index (χ1n) is 7.97. The van der Waals surface area contributed by atoms with Crippen LogP contribution in [0.1, 0.15) is 25.8 Å². The zero-order valence-corrected chi connectivity index (χ0v) is 13.6. The Labute approximate surface area is 132 Å². The van der Waals surface area contributed by atoms with E-state index in [4.69, 9.17) is 4.74 Å². The van der Waals surface area contributed by atoms with Crippen LogP contribution >= 0.6 is 0 Å². The van der Waals surface area contributed by atoms with Gasteiger partial charge in [0.15, 0.2) is 0 Å². The summed E-state index contributed by atoms with van der Waals surface area (Å²) in [6.45, 7) is 8.98. The van der Waals surface area contributed by atoms with Gasteiger partial charge in [0.1, 0.15) is 5.82 Å². The monoisotopic (exact) mass is 310 g/mol. The zero-order valence-electron chi connectivity index (χ0n) is 13.6. The molecule has 5 heteroatoms. The number of hydrogen-bond donors (Lipinski definition) is 1. The molecule has 0 saturated heterocycles. The summed E-state index contributed by atoms with van der Waals surface area (Å²) in [6.07, 6.45) is 1.03. The molecule has 0 unspecified atom stereocenters. The van der Waals surface area contributed by atoms with Gasteiger partial charge in [-0.3, -0.25) is 4.79 Å². The Morgan fingerprint density at radius 1 is 1.18 bits per heavy atom. The van der Waals surface area contributed by atoms with E-state index in [0.717, 1.165) is 25.2 Å². The minimum absolute atomic E-state index is 0.00309. The summed E-state index contributed by atoms with van der Waals surface area (Å²) in [7, 11) is 0. The van der Waals surface area contributed by atoms with Crippen molar-refractivity contribution in [2.24, 2.45) is 0 Å². The SMILES string of the molecule is CCN(CC)CCOCCNC(=O)CCc1ccc(F)cc1. The number of carbonyl (C=O) groups excluding carboxylic acids is 1. The van der Waals surface area contributed by atoms with Crippen LogP contribution in [0, 0.1) is 5.82 Å². The number of carbonyl (C=O) groups is 1. The lowest BCUT2D eigenvalue weighted by molar-refractivity contribution is -0.121. The van der Waals surface area contributed by atoms with Crippen molar-refractivity contribution in [3.63, 3.8) is 0 Å². The molecule has 1 N–H and O–H groups in total. The number of ether oxygens (including phenoxy) is 1. The number of nitrogens with zero attached hydrogens (tertiary/aromatic N) is 1. The van der Waals surface area contributed by atoms with Crippen molar-refractivity contribution >= 4 is 5.91 Å². The molecule has 4 nitrogen and oxygen atoms in total. The fraction of sp³-hybridized carbons (Fsp3) is 0.588. The highest BCUT2D eigenvalue weighted by molar-refractivity contribution is 5.76. The average Bonchev–Trinajstić information content (AvgIpc) is 2.54. The maximum atomic E-state index is 12.8. The standard InChI is InChI=1S/C17H27FN2O2/c1-3-20(4-2)12-14-22-13-11-19-17(21)10-7-15-5-8-16(18)9-6-15/h5-6,8-9H,3-4,7,10-14H2,1-2H3,(H,19,21). The number of hydrogen-bond acceptors (Lipinski definition) is 3. The topological polar surface area (TPSA) is 41.6 Å². The Balaban J connectivity index is 2.03. The molecule has 0 aliphatic heterocycles. The summed E-state index contributed by atoms with van der Waals surface area (Å²) in [6, 6.07) is 6.24. The summed E-state index contributed by atoms with van der Waals surface area (Å²) >= 11 is 0. The number of amides is 1. The molecule has 22 heavy (non-hydrogen) atoms. The van der Waals surface area contributed by atoms with Gasteiger partial charge < -0.3 is 15.0 Å². The molecule has 0 atom stereocenters. The summed E-state index contributed by atoms with van der Waals surface area (Å²) in [5.74, 6) is -0.258. The molecule has 0 aromatic heterocycles. The summed E-state index contributed by atoms with van der Waals surface area (Å²) in [5, 5.41) is 2.83. The van der Waals surface area contributed by atoms with Crippen LogP contribution in [-0.4, -0.2) is 50.2 Å². The van der Waals surface area contributed by atoms with Gasteiger partial charge in [0.05, 0.1) is 13.2 Å². The van der Waals surface area contributed by atoms with Crippen molar-refractivity contribution in [2.45, 2.75) is 26.7 Å². The van der Waals surface area contributed by atoms with Crippen molar-refractivity contribution in [1.82, 2.24) is 10.2 Å². The lowest BCUT2D eigenvalue weighted by atomic mass is 10.1. The molecule has 0 aliphatic carbocycles. The first-order valence-corrected chi connectivity index (χ1v) is 7.97. The molecule has 1 amide bonds. The van der Waals surface area contributed by atoms with Crippen LogP contribution in [0.15, 0.2) is 24.3 Å². The van der Waals surface area contributed by atoms with E-state index in [-0.39, 0.29) is 11.7 Å². The molecule has 0 aliphatic rings. The van der Waals surface area contributed by atoms with E-state index in [1.165, 1.54) is 12.1 Å². The number of likely N-dealkylation sites (N-methyl/N-ethyl adjacent to an activating group) is 1. The summed E-state index contributed by atoms with van der Waals surface area (Å²) in [4.78, 5) is 14.0. The van der Waals surface area contributed by atoms with E-state index in [1.807, 2.05) is 0 Å². The molecule has 0 bridgehead atoms. The Morgan fingerprint density at radius 3 is 2.50 bits per heavy atom. The predicted molar refractivity (Wildman–Crippen MR) is 86.3 cm³/mol. The Hall–Kier alpha value is -1.46. The van der Waals surface area contributed by atoms with Gasteiger partial charge in [-0.05, 0) is 37.2 Å². The van der Waals surface area contributed by atoms with Gasteiger partial charge in [0, 0.05) is 19.5 Å². The van der Waals surface area contributed by atoms with Gasteiger partial charge in [-0.2, -0.15) is 0 Å². The summed E-state index contributed by atoms with van der Waals surface area (Å²) < 4.78 is 18.2. The third-order valence-corrected chi connectivity index (χ3v) is 3.57. The van der Waals surface area contributed by atoms with Crippen LogP contribution in [0.4, 0.5) is 4.39 Å². The molecule has 0 saturated carbocycles. The molecule has 0 heterocycles. The lowest BCUT2D eigenvalue weighted by Crippen LogP contribution is -2.30. The van der Waals surface area contributed by atoms with Gasteiger partial charge in [0.25, 0.3) is 0 Å². The van der Waals surface area contributed by atoms with Crippen molar-refractivity contribution in [1.29, 1.82) is 0 Å². The number of halogens is 1. The number of benzene rings is 1. The maximum Gasteiger partial charge on any atom is 0.220 e. The van der Waals surface area contributed by atoms with Crippen LogP contribution in [0.5, 0.6) is 0 Å². The molecule has 1 rings (SSSR count). The third-order valence-electron chi connectivity index (χ3n) is 3.57. The third kappa shape index (κ3) is 8.10. The molecular weight excluding hydrogens is 283 g/mol. The molecule has 124 valence electrons. The molecule has 0 radical (unpaired) electrons. The van der Waals surface area contributed by atoms with Gasteiger partial charge in [-0.25, -0.2) is 4.39 Å². The number of nitrogens with one attached hydrogen (secondary N) is 1. The van der Waals surface area contributed by atoms with Gasteiger partial charge in [-0.1, -0.05) is 26.0 Å². The van der Waals surface area contributed by atoms with Crippen LogP contribution in [0.2, 0.25) is 0 Å². The fourth-order valence-corrected chi connectivity index (χ4v) is 2.10. The highest BCUT2D eigenvalue weighted by Crippen LogP contribution is 2.05. The second kappa shape index (κ2) is 11.2. The van der Waals surface area contributed by atoms with E-state index in [2.05, 4.69) is 24.1 Å². The predicted octanol–water partition coefficient (Wildman–Crippen LogP) is 2.23. The van der Waals surface area contributed by atoms with Crippen LogP contribution in [0.25, 0.3) is 0 Å². The molecule has 1 aromatic rings. The Bertz CT molecular complexity index is 419. The highest BCUT2D eigenvalue weighted by atomic mass is 19.1.